The van der Waals surface area contributed by atoms with Gasteiger partial charge in [0.25, 0.3) is 0 Å². The third kappa shape index (κ3) is 3.57. The van der Waals surface area contributed by atoms with Crippen LogP contribution >= 0.6 is 11.8 Å². The summed E-state index contributed by atoms with van der Waals surface area (Å²) < 4.78 is 0. The topological polar surface area (TPSA) is 0 Å². The monoisotopic (exact) mass is 232 g/mol. The van der Waals surface area contributed by atoms with E-state index >= 15 is 0 Å². The van der Waals surface area contributed by atoms with Crippen LogP contribution in [-0.4, -0.2) is 0 Å². The molecule has 0 aliphatic carbocycles. The van der Waals surface area contributed by atoms with Crippen molar-refractivity contribution in [2.24, 2.45) is 0 Å². The fourth-order valence-electron chi connectivity index (χ4n) is 1.38. The highest BCUT2D eigenvalue weighted by molar-refractivity contribution is 8.11. The van der Waals surface area contributed by atoms with E-state index in [-0.39, 0.29) is 0 Å². The largest absolute Gasteiger partial charge is 0.0952 e. The normalized spacial score (nSPS) is 11.9. The maximum Gasteiger partial charge on any atom is 0.0119 e. The van der Waals surface area contributed by atoms with Crippen LogP contribution in [0, 0.1) is 0 Å². The Bertz CT molecular complexity index is 400. The van der Waals surface area contributed by atoms with Crippen LogP contribution < -0.4 is 0 Å². The van der Waals surface area contributed by atoms with E-state index in [4.69, 9.17) is 0 Å². The van der Waals surface area contributed by atoms with Gasteiger partial charge in [0.15, 0.2) is 0 Å². The van der Waals surface area contributed by atoms with Gasteiger partial charge in [-0.15, -0.1) is 0 Å². The Morgan fingerprint density at radius 1 is 1.38 bits per heavy atom. The molecule has 0 N–H and O–H groups in total. The van der Waals surface area contributed by atoms with E-state index in [1.54, 1.807) is 11.8 Å². The Kier molecular flexibility index (Phi) is 4.88. The molecular weight excluding hydrogens is 212 g/mol. The summed E-state index contributed by atoms with van der Waals surface area (Å²) in [5.41, 5.74) is 2.61. The molecule has 16 heavy (non-hydrogen) atoms. The van der Waals surface area contributed by atoms with Crippen molar-refractivity contribution in [3.8, 4) is 0 Å². The van der Waals surface area contributed by atoms with Crippen molar-refractivity contribution in [2.45, 2.75) is 33.6 Å². The molecule has 0 saturated heterocycles. The molecule has 0 radical (unpaired) electrons. The molecule has 0 fully saturated rings. The van der Waals surface area contributed by atoms with Crippen LogP contribution in [0.4, 0.5) is 0 Å². The molecular formula is C15H20S. The number of allylic oxidation sites excluding steroid dienone is 2. The molecule has 86 valence electrons. The van der Waals surface area contributed by atoms with Crippen LogP contribution in [0.15, 0.2) is 41.8 Å². The van der Waals surface area contributed by atoms with Crippen molar-refractivity contribution in [2.75, 3.05) is 0 Å². The highest BCUT2D eigenvalue weighted by Gasteiger charge is 2.04. The zero-order valence-electron chi connectivity index (χ0n) is 10.6. The first-order valence-electron chi connectivity index (χ1n) is 5.64. The van der Waals surface area contributed by atoms with Crippen molar-refractivity contribution in [1.82, 2.24) is 0 Å². The summed E-state index contributed by atoms with van der Waals surface area (Å²) in [6, 6.07) is 8.66. The van der Waals surface area contributed by atoms with E-state index in [1.807, 2.05) is 0 Å². The second-order valence-electron chi connectivity index (χ2n) is 4.20. The number of hydrogen-bond acceptors (Lipinski definition) is 1. The zero-order chi connectivity index (χ0) is 12.1. The fraction of sp³-hybridized carbons (Fsp3) is 0.333. The summed E-state index contributed by atoms with van der Waals surface area (Å²) in [7, 11) is 0. The molecule has 0 aliphatic rings. The highest BCUT2D eigenvalue weighted by Crippen LogP contribution is 2.32. The van der Waals surface area contributed by atoms with Crippen LogP contribution in [0.1, 0.15) is 44.7 Å². The zero-order valence-corrected chi connectivity index (χ0v) is 11.4. The molecule has 1 rings (SSSR count). The molecule has 0 saturated carbocycles. The minimum Gasteiger partial charge on any atom is -0.0952 e. The van der Waals surface area contributed by atoms with Crippen molar-refractivity contribution in [3.05, 3.63) is 53.0 Å². The van der Waals surface area contributed by atoms with E-state index in [2.05, 4.69) is 64.6 Å². The molecule has 1 heteroatoms. The van der Waals surface area contributed by atoms with E-state index in [0.717, 1.165) is 4.91 Å². The average molecular weight is 232 g/mol. The van der Waals surface area contributed by atoms with E-state index in [0.29, 0.717) is 5.92 Å². The summed E-state index contributed by atoms with van der Waals surface area (Å²) in [6.45, 7) is 12.7. The molecule has 0 heterocycles. The van der Waals surface area contributed by atoms with Gasteiger partial charge >= 0.3 is 0 Å². The van der Waals surface area contributed by atoms with Crippen LogP contribution in [0.5, 0.6) is 0 Å². The van der Waals surface area contributed by atoms with Gasteiger partial charge in [-0.25, -0.2) is 0 Å². The van der Waals surface area contributed by atoms with Crippen molar-refractivity contribution < 1.29 is 0 Å². The van der Waals surface area contributed by atoms with E-state index in [1.165, 1.54) is 16.0 Å². The third-order valence-electron chi connectivity index (χ3n) is 2.57. The number of benzene rings is 1. The van der Waals surface area contributed by atoms with Crippen LogP contribution in [0.3, 0.4) is 0 Å². The maximum absolute atomic E-state index is 4.14. The first-order chi connectivity index (χ1) is 7.54. The SMILES string of the molecule is C=C(S/C(C)=C\C)c1cccc(C(C)C)c1. The Morgan fingerprint density at radius 2 is 2.06 bits per heavy atom. The van der Waals surface area contributed by atoms with Gasteiger partial charge < -0.3 is 0 Å². The molecule has 0 unspecified atom stereocenters. The van der Waals surface area contributed by atoms with E-state index < -0.39 is 0 Å². The second kappa shape index (κ2) is 5.95. The summed E-state index contributed by atoms with van der Waals surface area (Å²) in [6.07, 6.45) is 2.11. The smallest absolute Gasteiger partial charge is 0.0119 e. The first-order valence-corrected chi connectivity index (χ1v) is 6.46. The molecule has 0 amide bonds. The Labute approximate surface area is 103 Å². The maximum atomic E-state index is 4.14. The number of thioether (sulfide) groups is 1. The molecule has 0 aromatic heterocycles. The molecule has 0 atom stereocenters. The van der Waals surface area contributed by atoms with Gasteiger partial charge in [0.1, 0.15) is 0 Å². The number of rotatable bonds is 4. The van der Waals surface area contributed by atoms with E-state index in [9.17, 15) is 0 Å². The standard InChI is InChI=1S/C15H20S/c1-6-12(4)16-13(5)15-9-7-8-14(10-15)11(2)3/h6-11H,5H2,1-4H3/b12-6-. The van der Waals surface area contributed by atoms with Crippen LogP contribution in [-0.2, 0) is 0 Å². The van der Waals surface area contributed by atoms with Gasteiger partial charge in [-0.3, -0.25) is 0 Å². The van der Waals surface area contributed by atoms with Gasteiger partial charge in [0.05, 0.1) is 0 Å². The van der Waals surface area contributed by atoms with Crippen molar-refractivity contribution in [1.29, 1.82) is 0 Å². The third-order valence-corrected chi connectivity index (χ3v) is 3.61. The lowest BCUT2D eigenvalue weighted by molar-refractivity contribution is 0.866. The minimum atomic E-state index is 0.570. The highest BCUT2D eigenvalue weighted by atomic mass is 32.2. The molecule has 0 nitrogen and oxygen atoms in total. The first kappa shape index (κ1) is 13.1. The van der Waals surface area contributed by atoms with Gasteiger partial charge in [0, 0.05) is 4.91 Å². The molecule has 0 spiro atoms. The quantitative estimate of drug-likeness (QED) is 0.666. The van der Waals surface area contributed by atoms with Gasteiger partial charge in [-0.2, -0.15) is 0 Å². The van der Waals surface area contributed by atoms with Crippen molar-refractivity contribution in [3.63, 3.8) is 0 Å². The molecule has 0 bridgehead atoms. The number of hydrogen-bond donors (Lipinski definition) is 0. The van der Waals surface area contributed by atoms with Gasteiger partial charge in [0.2, 0.25) is 0 Å². The predicted octanol–water partition coefficient (Wildman–Crippen LogP) is 5.44. The lowest BCUT2D eigenvalue weighted by Crippen LogP contribution is -1.88. The Morgan fingerprint density at radius 3 is 2.62 bits per heavy atom. The summed E-state index contributed by atoms with van der Waals surface area (Å²) in [4.78, 5) is 2.41. The Hall–Kier alpha value is -0.950. The van der Waals surface area contributed by atoms with Crippen LogP contribution in [0.25, 0.3) is 4.91 Å². The molecule has 0 aliphatic heterocycles. The van der Waals surface area contributed by atoms with Gasteiger partial charge in [-0.05, 0) is 35.8 Å². The summed E-state index contributed by atoms with van der Waals surface area (Å²) in [5, 5.41) is 0. The fourth-order valence-corrected chi connectivity index (χ4v) is 2.13. The predicted molar refractivity (Wildman–Crippen MR) is 76.6 cm³/mol. The minimum absolute atomic E-state index is 0.570. The second-order valence-corrected chi connectivity index (χ2v) is 5.55. The van der Waals surface area contributed by atoms with Crippen LogP contribution in [0.2, 0.25) is 0 Å². The lowest BCUT2D eigenvalue weighted by atomic mass is 10.0. The molecule has 1 aromatic rings. The molecule has 1 aromatic carbocycles. The summed E-state index contributed by atoms with van der Waals surface area (Å²) in [5.74, 6) is 0.570. The van der Waals surface area contributed by atoms with Crippen molar-refractivity contribution >= 4 is 16.7 Å². The lowest BCUT2D eigenvalue weighted by Gasteiger charge is -2.10. The average Bonchev–Trinajstić information content (AvgIpc) is 2.28. The Balaban J connectivity index is 2.88. The van der Waals surface area contributed by atoms with Gasteiger partial charge in [-0.1, -0.05) is 62.5 Å². The summed E-state index contributed by atoms with van der Waals surface area (Å²) >= 11 is 1.74.